The third kappa shape index (κ3) is 5.30. The maximum absolute atomic E-state index is 13.0. The van der Waals surface area contributed by atoms with E-state index in [1.807, 2.05) is 0 Å². The van der Waals surface area contributed by atoms with Gasteiger partial charge in [0.2, 0.25) is 0 Å². The topological polar surface area (TPSA) is 23.8 Å². The molecule has 0 N–H and O–H groups in total. The standard InChI is InChI=1S/C19H28FN/c1-2-15-3-5-16(6-4-15)7-8-17-9-11-18(12-10-17)13-19(20)14-21/h7-8,13,15-18H,2-6,9-12H2,1H3. The van der Waals surface area contributed by atoms with E-state index in [2.05, 4.69) is 19.1 Å². The van der Waals surface area contributed by atoms with E-state index in [-0.39, 0.29) is 5.92 Å². The van der Waals surface area contributed by atoms with Crippen molar-refractivity contribution >= 4 is 0 Å². The van der Waals surface area contributed by atoms with Crippen LogP contribution in [-0.2, 0) is 0 Å². The minimum atomic E-state index is -0.610. The molecular weight excluding hydrogens is 261 g/mol. The fourth-order valence-corrected chi connectivity index (χ4v) is 3.85. The molecule has 2 saturated carbocycles. The summed E-state index contributed by atoms with van der Waals surface area (Å²) in [6, 6.07) is 1.58. The highest BCUT2D eigenvalue weighted by Crippen LogP contribution is 2.34. The van der Waals surface area contributed by atoms with Gasteiger partial charge in [-0.2, -0.15) is 9.65 Å². The molecular formula is C19H28FN. The zero-order valence-electron chi connectivity index (χ0n) is 13.2. The highest BCUT2D eigenvalue weighted by molar-refractivity contribution is 5.13. The zero-order valence-corrected chi connectivity index (χ0v) is 13.2. The van der Waals surface area contributed by atoms with Gasteiger partial charge in [0.1, 0.15) is 6.07 Å². The molecule has 0 unspecified atom stereocenters. The van der Waals surface area contributed by atoms with Gasteiger partial charge >= 0.3 is 0 Å². The van der Waals surface area contributed by atoms with Crippen LogP contribution >= 0.6 is 0 Å². The van der Waals surface area contributed by atoms with Crippen LogP contribution in [0.15, 0.2) is 24.1 Å². The molecule has 2 heteroatoms. The van der Waals surface area contributed by atoms with E-state index >= 15 is 0 Å². The van der Waals surface area contributed by atoms with Crippen molar-refractivity contribution in [2.45, 2.75) is 64.7 Å². The molecule has 0 aromatic heterocycles. The number of hydrogen-bond acceptors (Lipinski definition) is 1. The van der Waals surface area contributed by atoms with Crippen molar-refractivity contribution in [2.24, 2.45) is 23.7 Å². The highest BCUT2D eigenvalue weighted by atomic mass is 19.1. The van der Waals surface area contributed by atoms with Crippen molar-refractivity contribution in [3.05, 3.63) is 24.1 Å². The van der Waals surface area contributed by atoms with E-state index < -0.39 is 5.83 Å². The van der Waals surface area contributed by atoms with Crippen LogP contribution in [0.1, 0.15) is 64.7 Å². The van der Waals surface area contributed by atoms with Crippen LogP contribution in [0.5, 0.6) is 0 Å². The molecule has 21 heavy (non-hydrogen) atoms. The Morgan fingerprint density at radius 3 is 1.90 bits per heavy atom. The lowest BCUT2D eigenvalue weighted by atomic mass is 9.78. The van der Waals surface area contributed by atoms with Gasteiger partial charge in [0.25, 0.3) is 0 Å². The van der Waals surface area contributed by atoms with Gasteiger partial charge in [-0.3, -0.25) is 0 Å². The van der Waals surface area contributed by atoms with E-state index in [4.69, 9.17) is 5.26 Å². The first kappa shape index (κ1) is 16.3. The van der Waals surface area contributed by atoms with E-state index in [1.165, 1.54) is 38.2 Å². The third-order valence-corrected chi connectivity index (χ3v) is 5.43. The molecule has 0 radical (unpaired) electrons. The first-order chi connectivity index (χ1) is 10.2. The van der Waals surface area contributed by atoms with Crippen molar-refractivity contribution < 1.29 is 4.39 Å². The van der Waals surface area contributed by atoms with Gasteiger partial charge in [-0.15, -0.1) is 0 Å². The second-order valence-corrected chi connectivity index (χ2v) is 6.88. The van der Waals surface area contributed by atoms with Gasteiger partial charge in [-0.25, -0.2) is 0 Å². The number of hydrogen-bond donors (Lipinski definition) is 0. The first-order valence-corrected chi connectivity index (χ1v) is 8.67. The Kier molecular flexibility index (Phi) is 6.49. The van der Waals surface area contributed by atoms with Crippen molar-refractivity contribution in [2.75, 3.05) is 0 Å². The minimum absolute atomic E-state index is 0.272. The van der Waals surface area contributed by atoms with Gasteiger partial charge in [0.15, 0.2) is 5.83 Å². The lowest BCUT2D eigenvalue weighted by Crippen LogP contribution is -2.14. The molecule has 0 saturated heterocycles. The molecule has 0 atom stereocenters. The van der Waals surface area contributed by atoms with E-state index in [9.17, 15) is 4.39 Å². The second-order valence-electron chi connectivity index (χ2n) is 6.88. The molecule has 2 aliphatic carbocycles. The van der Waals surface area contributed by atoms with Crippen LogP contribution in [0.4, 0.5) is 4.39 Å². The Labute approximate surface area is 128 Å². The summed E-state index contributed by atoms with van der Waals surface area (Å²) in [5.41, 5.74) is 0. The molecule has 2 aliphatic rings. The second kappa shape index (κ2) is 8.37. The average molecular weight is 289 g/mol. The molecule has 2 fully saturated rings. The largest absolute Gasteiger partial charge is 0.196 e. The lowest BCUT2D eigenvalue weighted by molar-refractivity contribution is 0.301. The molecule has 2 rings (SSSR count). The molecule has 0 aromatic rings. The Morgan fingerprint density at radius 1 is 0.952 bits per heavy atom. The molecule has 116 valence electrons. The molecule has 0 heterocycles. The summed E-state index contributed by atoms with van der Waals surface area (Å²) in [5.74, 6) is 2.09. The Hall–Kier alpha value is -1.10. The summed E-state index contributed by atoms with van der Waals surface area (Å²) in [5, 5.41) is 8.48. The molecule has 0 spiro atoms. The smallest absolute Gasteiger partial charge is 0.195 e. The summed E-state index contributed by atoms with van der Waals surface area (Å²) in [6.45, 7) is 2.31. The van der Waals surface area contributed by atoms with Gasteiger partial charge in [0.05, 0.1) is 0 Å². The Bertz CT molecular complexity index is 402. The van der Waals surface area contributed by atoms with Crippen LogP contribution in [0, 0.1) is 35.0 Å². The number of allylic oxidation sites excluding steroid dienone is 4. The van der Waals surface area contributed by atoms with Crippen LogP contribution in [0.2, 0.25) is 0 Å². The van der Waals surface area contributed by atoms with Crippen molar-refractivity contribution in [1.82, 2.24) is 0 Å². The van der Waals surface area contributed by atoms with Crippen molar-refractivity contribution in [1.29, 1.82) is 5.26 Å². The summed E-state index contributed by atoms with van der Waals surface area (Å²) < 4.78 is 13.0. The maximum Gasteiger partial charge on any atom is 0.196 e. The molecule has 0 bridgehead atoms. The predicted molar refractivity (Wildman–Crippen MR) is 85.1 cm³/mol. The van der Waals surface area contributed by atoms with Gasteiger partial charge in [-0.05, 0) is 81.1 Å². The van der Waals surface area contributed by atoms with E-state index in [0.717, 1.165) is 37.5 Å². The van der Waals surface area contributed by atoms with E-state index in [0.29, 0.717) is 5.92 Å². The van der Waals surface area contributed by atoms with Crippen molar-refractivity contribution in [3.8, 4) is 6.07 Å². The fraction of sp³-hybridized carbons (Fsp3) is 0.737. The summed E-state index contributed by atoms with van der Waals surface area (Å²) in [4.78, 5) is 0. The molecule has 0 aliphatic heterocycles. The molecule has 1 nitrogen and oxygen atoms in total. The summed E-state index contributed by atoms with van der Waals surface area (Å²) >= 11 is 0. The average Bonchev–Trinajstić information content (AvgIpc) is 2.54. The van der Waals surface area contributed by atoms with Crippen LogP contribution < -0.4 is 0 Å². The Balaban J connectivity index is 1.71. The maximum atomic E-state index is 13.0. The van der Waals surface area contributed by atoms with Gasteiger partial charge in [-0.1, -0.05) is 25.5 Å². The number of rotatable bonds is 4. The first-order valence-electron chi connectivity index (χ1n) is 8.67. The van der Waals surface area contributed by atoms with Gasteiger partial charge in [0, 0.05) is 0 Å². The normalized spacial score (nSPS) is 34.8. The fourth-order valence-electron chi connectivity index (χ4n) is 3.85. The quantitative estimate of drug-likeness (QED) is 0.464. The van der Waals surface area contributed by atoms with Crippen LogP contribution in [0.3, 0.4) is 0 Å². The SMILES string of the molecule is CCC1CCC(C=CC2CCC(C=C(F)C#N)CC2)CC1. The Morgan fingerprint density at radius 2 is 1.43 bits per heavy atom. The molecule has 0 aromatic carbocycles. The van der Waals surface area contributed by atoms with Crippen LogP contribution in [0.25, 0.3) is 0 Å². The van der Waals surface area contributed by atoms with Crippen LogP contribution in [-0.4, -0.2) is 0 Å². The van der Waals surface area contributed by atoms with Crippen molar-refractivity contribution in [3.63, 3.8) is 0 Å². The predicted octanol–water partition coefficient (Wildman–Crippen LogP) is 5.94. The number of halogens is 1. The lowest BCUT2D eigenvalue weighted by Gasteiger charge is -2.27. The summed E-state index contributed by atoms with van der Waals surface area (Å²) in [6.07, 6.45) is 17.6. The minimum Gasteiger partial charge on any atom is -0.195 e. The monoisotopic (exact) mass is 289 g/mol. The summed E-state index contributed by atoms with van der Waals surface area (Å²) in [7, 11) is 0. The zero-order chi connectivity index (χ0) is 15.1. The van der Waals surface area contributed by atoms with Gasteiger partial charge < -0.3 is 0 Å². The van der Waals surface area contributed by atoms with E-state index in [1.54, 1.807) is 6.07 Å². The number of nitrogens with zero attached hydrogens (tertiary/aromatic N) is 1. The number of nitriles is 1. The molecule has 0 amide bonds. The third-order valence-electron chi connectivity index (χ3n) is 5.43. The highest BCUT2D eigenvalue weighted by Gasteiger charge is 2.21.